The maximum Gasteiger partial charge on any atom is 0.514 e. The van der Waals surface area contributed by atoms with Gasteiger partial charge in [-0.25, -0.2) is 9.59 Å². The van der Waals surface area contributed by atoms with Crippen LogP contribution >= 0.6 is 22.6 Å². The molecule has 0 aromatic heterocycles. The Labute approximate surface area is 291 Å². The number of fused-ring (bicyclic) bond motifs is 6. The summed E-state index contributed by atoms with van der Waals surface area (Å²) in [7, 11) is 1.52. The Morgan fingerprint density at radius 1 is 0.708 bits per heavy atom. The van der Waals surface area contributed by atoms with Gasteiger partial charge >= 0.3 is 12.3 Å². The van der Waals surface area contributed by atoms with Crippen LogP contribution in [0.3, 0.4) is 0 Å². The molecule has 10 heteroatoms. The summed E-state index contributed by atoms with van der Waals surface area (Å²) < 4.78 is 34.5. The number of hydrogen-bond donors (Lipinski definition) is 1. The summed E-state index contributed by atoms with van der Waals surface area (Å²) in [4.78, 5) is 24.9. The normalized spacial score (nSPS) is 12.9. The highest BCUT2D eigenvalue weighted by atomic mass is 127. The molecule has 1 heterocycles. The average molecular weight is 763 g/mol. The number of phenols is 1. The first-order valence-electron chi connectivity index (χ1n) is 15.3. The van der Waals surface area contributed by atoms with E-state index >= 15 is 0 Å². The van der Waals surface area contributed by atoms with Gasteiger partial charge in [0.2, 0.25) is 0 Å². The molecule has 0 unspecified atom stereocenters. The summed E-state index contributed by atoms with van der Waals surface area (Å²) >= 11 is 2.10. The van der Waals surface area contributed by atoms with Gasteiger partial charge in [-0.1, -0.05) is 24.3 Å². The second-order valence-corrected chi connectivity index (χ2v) is 14.6. The van der Waals surface area contributed by atoms with Crippen LogP contribution in [0.4, 0.5) is 9.59 Å². The third kappa shape index (κ3) is 6.80. The van der Waals surface area contributed by atoms with Gasteiger partial charge in [0.1, 0.15) is 34.2 Å². The Bertz CT molecular complexity index is 1970. The van der Waals surface area contributed by atoms with Gasteiger partial charge in [-0.3, -0.25) is 0 Å². The Balaban J connectivity index is 1.51. The van der Waals surface area contributed by atoms with Crippen LogP contribution in [0, 0.1) is 3.57 Å². The fourth-order valence-electron chi connectivity index (χ4n) is 5.77. The van der Waals surface area contributed by atoms with Crippen LogP contribution in [-0.2, 0) is 9.47 Å². The van der Waals surface area contributed by atoms with Gasteiger partial charge in [0, 0.05) is 17.0 Å². The van der Waals surface area contributed by atoms with Crippen LogP contribution in [0.1, 0.15) is 64.2 Å². The van der Waals surface area contributed by atoms with Gasteiger partial charge in [0.15, 0.2) is 11.5 Å². The molecule has 0 aliphatic carbocycles. The van der Waals surface area contributed by atoms with Crippen molar-refractivity contribution < 1.29 is 43.1 Å². The maximum atomic E-state index is 12.4. The minimum atomic E-state index is -0.790. The molecule has 0 fully saturated rings. The van der Waals surface area contributed by atoms with Gasteiger partial charge in [0.05, 0.1) is 10.7 Å². The van der Waals surface area contributed by atoms with Crippen LogP contribution in [-0.4, -0.2) is 35.7 Å². The lowest BCUT2D eigenvalue weighted by molar-refractivity contribution is 0.0193. The first-order chi connectivity index (χ1) is 22.6. The molecule has 0 radical (unpaired) electrons. The predicted molar refractivity (Wildman–Crippen MR) is 190 cm³/mol. The number of halogens is 1. The van der Waals surface area contributed by atoms with Crippen molar-refractivity contribution in [3.05, 3.63) is 93.1 Å². The minimum Gasteiger partial charge on any atom is -0.504 e. The monoisotopic (exact) mass is 762 g/mol. The van der Waals surface area contributed by atoms with Crippen molar-refractivity contribution in [2.24, 2.45) is 0 Å². The minimum absolute atomic E-state index is 0.0538. The van der Waals surface area contributed by atoms with E-state index in [1.165, 1.54) is 7.11 Å². The Kier molecular flexibility index (Phi) is 8.57. The average Bonchev–Trinajstić information content (AvgIpc) is 2.99. The van der Waals surface area contributed by atoms with E-state index in [1.807, 2.05) is 48.5 Å². The summed E-state index contributed by atoms with van der Waals surface area (Å²) in [5, 5.41) is 14.1. The Morgan fingerprint density at radius 3 is 1.62 bits per heavy atom. The zero-order chi connectivity index (χ0) is 34.5. The number of ether oxygens (including phenoxy) is 6. The number of carbonyl (C=O) groups excluding carboxylic acids is 2. The molecule has 0 saturated heterocycles. The SMILES string of the molecule is COc1cc(C2c3c(ccc4cc(OC(=O)OC(C)(C)C)ccc34)Oc3ccc4cc(OC(=O)OC(C)(C)C)ccc4c32)cc(I)c1O. The molecule has 0 spiro atoms. The fourth-order valence-corrected chi connectivity index (χ4v) is 6.40. The van der Waals surface area contributed by atoms with Crippen molar-refractivity contribution in [2.45, 2.75) is 58.7 Å². The molecule has 1 aliphatic heterocycles. The molecule has 0 amide bonds. The van der Waals surface area contributed by atoms with Crippen molar-refractivity contribution in [3.8, 4) is 34.5 Å². The zero-order valence-corrected chi connectivity index (χ0v) is 29.8. The number of benzene rings is 5. The highest BCUT2D eigenvalue weighted by Crippen LogP contribution is 2.53. The van der Waals surface area contributed by atoms with Gasteiger partial charge < -0.3 is 33.5 Å². The number of phenolic OH excluding ortho intramolecular Hbond substituents is 1. The summed E-state index contributed by atoms with van der Waals surface area (Å²) in [6.45, 7) is 10.6. The molecule has 5 aromatic rings. The van der Waals surface area contributed by atoms with Crippen LogP contribution in [0.15, 0.2) is 72.8 Å². The van der Waals surface area contributed by atoms with Crippen LogP contribution in [0.25, 0.3) is 21.5 Å². The highest BCUT2D eigenvalue weighted by molar-refractivity contribution is 14.1. The summed E-state index contributed by atoms with van der Waals surface area (Å²) in [5.41, 5.74) is 1.24. The maximum absolute atomic E-state index is 12.4. The standard InChI is InChI=1S/C38H35IO9/c1-37(2,3)47-35(41)44-23-10-12-25-20(16-23)8-14-28-32(25)31(22-18-27(39)34(40)30(19-22)43-7)33-26-13-11-24(45-36(42)48-38(4,5)6)17-21(26)9-15-29(33)46-28/h8-19,31,40H,1-7H3. The quantitative estimate of drug-likeness (QED) is 0.107. The summed E-state index contributed by atoms with van der Waals surface area (Å²) in [5.74, 6) is 2.02. The second kappa shape index (κ2) is 12.4. The van der Waals surface area contributed by atoms with Crippen molar-refractivity contribution in [1.29, 1.82) is 0 Å². The zero-order valence-electron chi connectivity index (χ0n) is 27.6. The molecule has 248 valence electrons. The number of aromatic hydroxyl groups is 1. The van der Waals surface area contributed by atoms with Gasteiger partial charge in [-0.15, -0.1) is 0 Å². The molecule has 5 aromatic carbocycles. The van der Waals surface area contributed by atoms with E-state index in [1.54, 1.807) is 65.8 Å². The van der Waals surface area contributed by atoms with E-state index in [2.05, 4.69) is 22.6 Å². The van der Waals surface area contributed by atoms with Crippen molar-refractivity contribution in [1.82, 2.24) is 0 Å². The molecule has 0 saturated carbocycles. The number of methoxy groups -OCH3 is 1. The fraction of sp³-hybridized carbons (Fsp3) is 0.263. The second-order valence-electron chi connectivity index (χ2n) is 13.4. The molecule has 48 heavy (non-hydrogen) atoms. The number of rotatable bonds is 4. The first-order valence-corrected chi connectivity index (χ1v) is 16.4. The molecular formula is C38H35IO9. The Hall–Kier alpha value is -4.71. The topological polar surface area (TPSA) is 110 Å². The molecule has 9 nitrogen and oxygen atoms in total. The van der Waals surface area contributed by atoms with Crippen molar-refractivity contribution in [2.75, 3.05) is 7.11 Å². The lowest BCUT2D eigenvalue weighted by Gasteiger charge is -2.31. The highest BCUT2D eigenvalue weighted by Gasteiger charge is 2.34. The molecular weight excluding hydrogens is 727 g/mol. The van der Waals surface area contributed by atoms with E-state index in [0.717, 1.165) is 38.2 Å². The molecule has 1 aliphatic rings. The van der Waals surface area contributed by atoms with Crippen molar-refractivity contribution >= 4 is 56.4 Å². The number of carbonyl (C=O) groups is 2. The molecule has 0 atom stereocenters. The molecule has 0 bridgehead atoms. The first kappa shape index (κ1) is 33.2. The van der Waals surface area contributed by atoms with E-state index in [-0.39, 0.29) is 11.7 Å². The largest absolute Gasteiger partial charge is 0.514 e. The smallest absolute Gasteiger partial charge is 0.504 e. The Morgan fingerprint density at radius 2 is 1.19 bits per heavy atom. The van der Waals surface area contributed by atoms with Gasteiger partial charge in [-0.05, 0) is 140 Å². The summed E-state index contributed by atoms with van der Waals surface area (Å²) in [6.07, 6.45) is -1.58. The van der Waals surface area contributed by atoms with E-state index in [9.17, 15) is 14.7 Å². The van der Waals surface area contributed by atoms with Gasteiger partial charge in [-0.2, -0.15) is 0 Å². The van der Waals surface area contributed by atoms with Crippen LogP contribution in [0.5, 0.6) is 34.5 Å². The lowest BCUT2D eigenvalue weighted by atomic mass is 9.78. The lowest BCUT2D eigenvalue weighted by Crippen LogP contribution is -2.25. The third-order valence-corrected chi connectivity index (χ3v) is 8.39. The van der Waals surface area contributed by atoms with E-state index in [4.69, 9.17) is 28.4 Å². The third-order valence-electron chi connectivity index (χ3n) is 7.57. The summed E-state index contributed by atoms with van der Waals surface area (Å²) in [6, 6.07) is 22.2. The van der Waals surface area contributed by atoms with Crippen molar-refractivity contribution in [3.63, 3.8) is 0 Å². The van der Waals surface area contributed by atoms with Crippen LogP contribution in [0.2, 0.25) is 0 Å². The van der Waals surface area contributed by atoms with E-state index < -0.39 is 23.5 Å². The molecule has 1 N–H and O–H groups in total. The number of hydrogen-bond acceptors (Lipinski definition) is 9. The van der Waals surface area contributed by atoms with E-state index in [0.29, 0.717) is 32.3 Å². The van der Waals surface area contributed by atoms with Gasteiger partial charge in [0.25, 0.3) is 0 Å². The predicted octanol–water partition coefficient (Wildman–Crippen LogP) is 10.2. The molecule has 6 rings (SSSR count). The van der Waals surface area contributed by atoms with Crippen LogP contribution < -0.4 is 18.9 Å².